The monoisotopic (exact) mass is 289 g/mol. The Morgan fingerprint density at radius 2 is 2.24 bits per heavy atom. The number of rotatable bonds is 5. The normalized spacial score (nSPS) is 18.5. The number of carbonyl (C=O) groups is 2. The molecule has 0 spiro atoms. The fourth-order valence-corrected chi connectivity index (χ4v) is 2.45. The third kappa shape index (κ3) is 3.70. The second kappa shape index (κ2) is 7.04. The van der Waals surface area contributed by atoms with Crippen molar-refractivity contribution in [3.8, 4) is 0 Å². The summed E-state index contributed by atoms with van der Waals surface area (Å²) in [6.07, 6.45) is 4.20. The topological polar surface area (TPSA) is 66.8 Å². The molecule has 0 radical (unpaired) electrons. The highest BCUT2D eigenvalue weighted by Crippen LogP contribution is 2.23. The smallest absolute Gasteiger partial charge is 0.330 e. The minimum atomic E-state index is -0.421. The molecule has 0 bridgehead atoms. The lowest BCUT2D eigenvalue weighted by Crippen LogP contribution is -2.34. The number of nitrogens with zero attached hydrogens (tertiary/aromatic N) is 1. The summed E-state index contributed by atoms with van der Waals surface area (Å²) in [6, 6.07) is 7.44. The van der Waals surface area contributed by atoms with Gasteiger partial charge in [-0.15, -0.1) is 0 Å². The van der Waals surface area contributed by atoms with E-state index in [4.69, 9.17) is 0 Å². The summed E-state index contributed by atoms with van der Waals surface area (Å²) in [5.41, 5.74) is 1.80. The summed E-state index contributed by atoms with van der Waals surface area (Å²) >= 11 is 0. The number of ether oxygens (including phenoxy) is 1. The molecule has 1 aliphatic rings. The fourth-order valence-electron chi connectivity index (χ4n) is 2.45. The van der Waals surface area contributed by atoms with Gasteiger partial charge in [-0.25, -0.2) is 4.79 Å². The maximum Gasteiger partial charge on any atom is 0.330 e. The van der Waals surface area contributed by atoms with Gasteiger partial charge in [-0.3, -0.25) is 4.79 Å². The fraction of sp³-hybridized carbons (Fsp3) is 0.375. The number of esters is 1. The molecule has 2 rings (SSSR count). The standard InChI is InChI=1S/C16H19NO4/c1-21-16(20)9-6-12-4-2-3-5-13(12)10-17-14(11-18)7-8-15(17)19/h2-6,9,14,18H,7-8,10-11H2,1H3/b9-6+/t14-/m1/s1. The largest absolute Gasteiger partial charge is 0.466 e. The SMILES string of the molecule is COC(=O)/C=C/c1ccccc1CN1C(=O)CC[C@@H]1CO. The summed E-state index contributed by atoms with van der Waals surface area (Å²) in [7, 11) is 1.33. The minimum Gasteiger partial charge on any atom is -0.466 e. The zero-order chi connectivity index (χ0) is 15.2. The maximum atomic E-state index is 11.9. The zero-order valence-electron chi connectivity index (χ0n) is 12.0. The number of carbonyl (C=O) groups excluding carboxylic acids is 2. The van der Waals surface area contributed by atoms with Crippen LogP contribution in [-0.2, 0) is 20.9 Å². The Balaban J connectivity index is 2.18. The van der Waals surface area contributed by atoms with E-state index in [-0.39, 0.29) is 18.6 Å². The molecule has 1 aliphatic heterocycles. The molecule has 1 heterocycles. The Kier molecular flexibility index (Phi) is 5.11. The lowest BCUT2D eigenvalue weighted by molar-refractivity contribution is -0.134. The van der Waals surface area contributed by atoms with E-state index in [9.17, 15) is 14.7 Å². The number of benzene rings is 1. The molecular weight excluding hydrogens is 270 g/mol. The molecule has 1 fully saturated rings. The quantitative estimate of drug-likeness (QED) is 0.656. The average Bonchev–Trinajstić information content (AvgIpc) is 2.86. The van der Waals surface area contributed by atoms with Crippen LogP contribution in [0.25, 0.3) is 6.08 Å². The van der Waals surface area contributed by atoms with Crippen LogP contribution in [-0.4, -0.2) is 41.6 Å². The van der Waals surface area contributed by atoms with Gasteiger partial charge in [0.05, 0.1) is 19.8 Å². The van der Waals surface area contributed by atoms with E-state index >= 15 is 0 Å². The number of hydrogen-bond acceptors (Lipinski definition) is 4. The van der Waals surface area contributed by atoms with E-state index in [2.05, 4.69) is 4.74 Å². The Labute approximate surface area is 123 Å². The van der Waals surface area contributed by atoms with Crippen LogP contribution in [0.4, 0.5) is 0 Å². The second-order valence-electron chi connectivity index (χ2n) is 4.95. The number of likely N-dealkylation sites (tertiary alicyclic amines) is 1. The summed E-state index contributed by atoms with van der Waals surface area (Å²) < 4.78 is 4.57. The van der Waals surface area contributed by atoms with Gasteiger partial charge in [0.25, 0.3) is 0 Å². The number of aliphatic hydroxyl groups is 1. The van der Waals surface area contributed by atoms with Gasteiger partial charge >= 0.3 is 5.97 Å². The van der Waals surface area contributed by atoms with E-state index < -0.39 is 5.97 Å². The van der Waals surface area contributed by atoms with Crippen molar-refractivity contribution in [2.45, 2.75) is 25.4 Å². The molecule has 1 saturated heterocycles. The van der Waals surface area contributed by atoms with Crippen LogP contribution in [0.5, 0.6) is 0 Å². The van der Waals surface area contributed by atoms with Gasteiger partial charge in [-0.2, -0.15) is 0 Å². The van der Waals surface area contributed by atoms with E-state index in [1.165, 1.54) is 13.2 Å². The van der Waals surface area contributed by atoms with E-state index in [0.29, 0.717) is 19.4 Å². The molecule has 1 aromatic carbocycles. The first-order chi connectivity index (χ1) is 10.2. The van der Waals surface area contributed by atoms with Crippen LogP contribution in [0, 0.1) is 0 Å². The lowest BCUT2D eigenvalue weighted by Gasteiger charge is -2.24. The molecule has 1 atom stereocenters. The number of aliphatic hydroxyl groups excluding tert-OH is 1. The molecule has 0 saturated carbocycles. The van der Waals surface area contributed by atoms with Crippen molar-refractivity contribution in [1.82, 2.24) is 4.90 Å². The Morgan fingerprint density at radius 1 is 1.48 bits per heavy atom. The van der Waals surface area contributed by atoms with Crippen molar-refractivity contribution in [2.24, 2.45) is 0 Å². The van der Waals surface area contributed by atoms with Gasteiger partial charge < -0.3 is 14.7 Å². The van der Waals surface area contributed by atoms with Crippen LogP contribution in [0.15, 0.2) is 30.3 Å². The minimum absolute atomic E-state index is 0.0219. The first-order valence-electron chi connectivity index (χ1n) is 6.90. The van der Waals surface area contributed by atoms with Crippen LogP contribution in [0.2, 0.25) is 0 Å². The summed E-state index contributed by atoms with van der Waals surface area (Å²) in [6.45, 7) is 0.414. The molecule has 21 heavy (non-hydrogen) atoms. The van der Waals surface area contributed by atoms with Crippen LogP contribution in [0.3, 0.4) is 0 Å². The summed E-state index contributed by atoms with van der Waals surface area (Å²) in [5, 5.41) is 9.34. The molecule has 1 N–H and O–H groups in total. The molecule has 0 unspecified atom stereocenters. The van der Waals surface area contributed by atoms with Crippen LogP contribution in [0.1, 0.15) is 24.0 Å². The van der Waals surface area contributed by atoms with E-state index in [1.54, 1.807) is 11.0 Å². The lowest BCUT2D eigenvalue weighted by atomic mass is 10.1. The van der Waals surface area contributed by atoms with Crippen molar-refractivity contribution in [3.05, 3.63) is 41.5 Å². The van der Waals surface area contributed by atoms with Crippen molar-refractivity contribution in [3.63, 3.8) is 0 Å². The Morgan fingerprint density at radius 3 is 2.95 bits per heavy atom. The van der Waals surface area contributed by atoms with Crippen LogP contribution >= 0.6 is 0 Å². The van der Waals surface area contributed by atoms with Gasteiger partial charge in [0.2, 0.25) is 5.91 Å². The highest BCUT2D eigenvalue weighted by molar-refractivity contribution is 5.87. The molecule has 5 nitrogen and oxygen atoms in total. The summed E-state index contributed by atoms with van der Waals surface area (Å²) in [5.74, 6) is -0.365. The predicted molar refractivity (Wildman–Crippen MR) is 78.1 cm³/mol. The van der Waals surface area contributed by atoms with Gasteiger partial charge in [0.1, 0.15) is 0 Å². The second-order valence-corrected chi connectivity index (χ2v) is 4.95. The molecule has 0 aliphatic carbocycles. The summed E-state index contributed by atoms with van der Waals surface area (Å²) in [4.78, 5) is 24.8. The first kappa shape index (κ1) is 15.3. The van der Waals surface area contributed by atoms with Crippen molar-refractivity contribution < 1.29 is 19.4 Å². The predicted octanol–water partition coefficient (Wildman–Crippen LogP) is 1.36. The molecule has 1 aromatic rings. The number of amides is 1. The number of methoxy groups -OCH3 is 1. The van der Waals surface area contributed by atoms with E-state index in [1.807, 2.05) is 24.3 Å². The number of hydrogen-bond donors (Lipinski definition) is 1. The third-order valence-electron chi connectivity index (χ3n) is 3.66. The zero-order valence-corrected chi connectivity index (χ0v) is 12.0. The first-order valence-corrected chi connectivity index (χ1v) is 6.90. The van der Waals surface area contributed by atoms with Crippen LogP contribution < -0.4 is 0 Å². The van der Waals surface area contributed by atoms with Gasteiger partial charge in [0, 0.05) is 19.0 Å². The molecule has 1 amide bonds. The van der Waals surface area contributed by atoms with E-state index in [0.717, 1.165) is 11.1 Å². The molecule has 0 aromatic heterocycles. The molecule has 112 valence electrons. The highest BCUT2D eigenvalue weighted by atomic mass is 16.5. The van der Waals surface area contributed by atoms with Crippen molar-refractivity contribution >= 4 is 18.0 Å². The van der Waals surface area contributed by atoms with Crippen molar-refractivity contribution in [2.75, 3.05) is 13.7 Å². The highest BCUT2D eigenvalue weighted by Gasteiger charge is 2.30. The maximum absolute atomic E-state index is 11.9. The molecular formula is C16H19NO4. The third-order valence-corrected chi connectivity index (χ3v) is 3.66. The van der Waals surface area contributed by atoms with Gasteiger partial charge in [0.15, 0.2) is 0 Å². The Bertz CT molecular complexity index is 553. The van der Waals surface area contributed by atoms with Gasteiger partial charge in [-0.1, -0.05) is 24.3 Å². The Hall–Kier alpha value is -2.14. The molecule has 5 heteroatoms. The average molecular weight is 289 g/mol. The van der Waals surface area contributed by atoms with Crippen molar-refractivity contribution in [1.29, 1.82) is 0 Å². The van der Waals surface area contributed by atoms with Gasteiger partial charge in [-0.05, 0) is 23.6 Å².